The van der Waals surface area contributed by atoms with Crippen molar-refractivity contribution in [1.29, 1.82) is 0 Å². The molecule has 1 atom stereocenters. The number of benzene rings is 3. The molecule has 6 rings (SSSR count). The third-order valence-electron chi connectivity index (χ3n) is 6.47. The highest BCUT2D eigenvalue weighted by atomic mass is 35.5. The summed E-state index contributed by atoms with van der Waals surface area (Å²) in [5, 5.41) is 31.2. The number of thioether (sulfide) groups is 1. The highest BCUT2D eigenvalue weighted by molar-refractivity contribution is 8.00. The van der Waals surface area contributed by atoms with Crippen LogP contribution in [0, 0.1) is 0 Å². The lowest BCUT2D eigenvalue weighted by molar-refractivity contribution is -0.117. The monoisotopic (exact) mass is 605 g/mol. The zero-order chi connectivity index (χ0) is 28.7. The van der Waals surface area contributed by atoms with Gasteiger partial charge in [0.1, 0.15) is 5.75 Å². The number of aromatic hydroxyl groups is 1. The van der Waals surface area contributed by atoms with Crippen LogP contribution in [0.2, 0.25) is 5.02 Å². The third-order valence-corrected chi connectivity index (χ3v) is 8.85. The molecule has 3 heterocycles. The summed E-state index contributed by atoms with van der Waals surface area (Å²) < 4.78 is 11.8. The Labute approximate surface area is 246 Å². The Hall–Kier alpha value is -4.32. The van der Waals surface area contributed by atoms with Gasteiger partial charge in [-0.15, -0.1) is 10.2 Å². The number of rotatable bonds is 8. The maximum Gasteiger partial charge on any atom is 0.296 e. The first kappa shape index (κ1) is 26.9. The van der Waals surface area contributed by atoms with E-state index in [1.165, 1.54) is 42.0 Å². The summed E-state index contributed by atoms with van der Waals surface area (Å²) in [6, 6.07) is 19.2. The molecule has 41 heavy (non-hydrogen) atoms. The summed E-state index contributed by atoms with van der Waals surface area (Å²) in [6.07, 6.45) is 0. The van der Waals surface area contributed by atoms with Crippen LogP contribution in [-0.2, 0) is 10.5 Å². The van der Waals surface area contributed by atoms with Gasteiger partial charge in [0.2, 0.25) is 10.9 Å². The molecule has 5 aromatic rings. The maximum absolute atomic E-state index is 13.9. The number of anilines is 1. The number of halogens is 1. The van der Waals surface area contributed by atoms with Gasteiger partial charge in [0.15, 0.2) is 27.2 Å². The second-order valence-corrected chi connectivity index (χ2v) is 11.6. The highest BCUT2D eigenvalue weighted by Crippen LogP contribution is 2.45. The summed E-state index contributed by atoms with van der Waals surface area (Å²) in [6.45, 7) is 0. The first-order valence-corrected chi connectivity index (χ1v) is 14.4. The minimum absolute atomic E-state index is 0.0713. The van der Waals surface area contributed by atoms with Crippen molar-refractivity contribution in [2.24, 2.45) is 0 Å². The number of aliphatic hydroxyl groups excluding tert-OH is 1. The van der Waals surface area contributed by atoms with Crippen LogP contribution in [0.25, 0.3) is 11.0 Å². The Morgan fingerprint density at radius 3 is 2.63 bits per heavy atom. The lowest BCUT2D eigenvalue weighted by atomic mass is 9.95. The SMILES string of the molecule is COc1cccc2cc(C(=O)C3=C(O)C(=O)N(c4nnc(SCc5ccc(Cl)cc5)s4)C3c3cccc(O)c3)oc12. The van der Waals surface area contributed by atoms with Crippen molar-refractivity contribution in [3.8, 4) is 11.5 Å². The van der Waals surface area contributed by atoms with E-state index in [1.807, 2.05) is 12.1 Å². The molecule has 2 aromatic heterocycles. The van der Waals surface area contributed by atoms with Crippen LogP contribution in [0.1, 0.15) is 27.7 Å². The predicted octanol–water partition coefficient (Wildman–Crippen LogP) is 6.73. The molecule has 0 saturated heterocycles. The van der Waals surface area contributed by atoms with Gasteiger partial charge < -0.3 is 19.4 Å². The number of ketones is 1. The maximum atomic E-state index is 13.9. The van der Waals surface area contributed by atoms with Crippen LogP contribution in [0.3, 0.4) is 0 Å². The molecule has 0 aliphatic carbocycles. The molecule has 0 radical (unpaired) electrons. The largest absolute Gasteiger partial charge is 0.508 e. The normalized spacial score (nSPS) is 15.2. The van der Waals surface area contributed by atoms with Crippen molar-refractivity contribution >= 4 is 62.5 Å². The number of aromatic nitrogens is 2. The second-order valence-electron chi connectivity index (χ2n) is 9.02. The van der Waals surface area contributed by atoms with E-state index in [0.717, 1.165) is 16.9 Å². The van der Waals surface area contributed by atoms with Crippen molar-refractivity contribution in [3.05, 3.63) is 106 Å². The number of ether oxygens (including phenoxy) is 1. The number of fused-ring (bicyclic) bond motifs is 1. The van der Waals surface area contributed by atoms with E-state index in [-0.39, 0.29) is 22.2 Å². The number of para-hydroxylation sites is 1. The number of aliphatic hydroxyl groups is 1. The smallest absolute Gasteiger partial charge is 0.296 e. The summed E-state index contributed by atoms with van der Waals surface area (Å²) in [4.78, 5) is 28.6. The number of phenols is 1. The molecule has 0 spiro atoms. The summed E-state index contributed by atoms with van der Waals surface area (Å²) in [7, 11) is 1.49. The number of nitrogens with zero attached hydrogens (tertiary/aromatic N) is 3. The van der Waals surface area contributed by atoms with Crippen LogP contribution in [0.15, 0.2) is 92.9 Å². The molecule has 1 unspecified atom stereocenters. The van der Waals surface area contributed by atoms with Gasteiger partial charge in [0, 0.05) is 16.2 Å². The van der Waals surface area contributed by atoms with E-state index in [4.69, 9.17) is 20.8 Å². The molecule has 206 valence electrons. The molecule has 9 nitrogen and oxygen atoms in total. The molecular weight excluding hydrogens is 586 g/mol. The highest BCUT2D eigenvalue weighted by Gasteiger charge is 2.47. The van der Waals surface area contributed by atoms with Crippen molar-refractivity contribution in [3.63, 3.8) is 0 Å². The van der Waals surface area contributed by atoms with Gasteiger partial charge >= 0.3 is 0 Å². The lowest BCUT2D eigenvalue weighted by Crippen LogP contribution is -2.31. The quantitative estimate of drug-likeness (QED) is 0.112. The lowest BCUT2D eigenvalue weighted by Gasteiger charge is -2.23. The number of amides is 1. The zero-order valence-electron chi connectivity index (χ0n) is 21.3. The molecule has 1 aliphatic rings. The van der Waals surface area contributed by atoms with E-state index in [0.29, 0.717) is 37.4 Å². The zero-order valence-corrected chi connectivity index (χ0v) is 23.7. The first-order valence-electron chi connectivity index (χ1n) is 12.2. The summed E-state index contributed by atoms with van der Waals surface area (Å²) in [5.41, 5.74) is 1.58. The molecular formula is C29H20ClN3O6S2. The molecule has 1 aliphatic heterocycles. The van der Waals surface area contributed by atoms with Gasteiger partial charge in [0.05, 0.1) is 18.7 Å². The number of Topliss-reactive ketones (excluding diaryl/α,β-unsaturated/α-hetero) is 1. The third kappa shape index (κ3) is 5.03. The van der Waals surface area contributed by atoms with Gasteiger partial charge in [-0.1, -0.05) is 71.1 Å². The fourth-order valence-electron chi connectivity index (χ4n) is 4.57. The predicted molar refractivity (Wildman–Crippen MR) is 156 cm³/mol. The van der Waals surface area contributed by atoms with Crippen LogP contribution in [0.4, 0.5) is 5.13 Å². The van der Waals surface area contributed by atoms with Gasteiger partial charge in [0.25, 0.3) is 5.91 Å². The number of hydrogen-bond donors (Lipinski definition) is 2. The second kappa shape index (κ2) is 10.9. The minimum Gasteiger partial charge on any atom is -0.508 e. The number of methoxy groups -OCH3 is 1. The molecule has 1 amide bonds. The number of carbonyl (C=O) groups is 2. The standard InChI is InChI=1S/C29H20ClN3O6S2/c1-38-20-7-3-5-17-13-21(39-26(17)20)24(35)22-23(16-4-2-6-19(34)12-16)33(27(37)25(22)36)28-31-32-29(41-28)40-14-15-8-10-18(30)11-9-15/h2-13,23,34,36H,14H2,1H3. The van der Waals surface area contributed by atoms with Gasteiger partial charge in [-0.25, -0.2) is 0 Å². The summed E-state index contributed by atoms with van der Waals surface area (Å²) in [5.74, 6) is -1.36. The van der Waals surface area contributed by atoms with Crippen LogP contribution >= 0.6 is 34.7 Å². The molecule has 0 bridgehead atoms. The van der Waals surface area contributed by atoms with Crippen LogP contribution in [-0.4, -0.2) is 39.2 Å². The molecule has 3 aromatic carbocycles. The number of furan rings is 1. The molecule has 2 N–H and O–H groups in total. The topological polar surface area (TPSA) is 126 Å². The molecule has 0 fully saturated rings. The van der Waals surface area contributed by atoms with Crippen molar-refractivity contribution < 1.29 is 29.0 Å². The Bertz CT molecular complexity index is 1830. The van der Waals surface area contributed by atoms with Gasteiger partial charge in [-0.05, 0) is 47.5 Å². The number of carbonyl (C=O) groups excluding carboxylic acids is 2. The average Bonchev–Trinajstić information content (AvgIpc) is 3.69. The Morgan fingerprint density at radius 1 is 1.10 bits per heavy atom. The Kier molecular flexibility index (Phi) is 7.16. The molecule has 12 heteroatoms. The average molecular weight is 606 g/mol. The Balaban J connectivity index is 1.37. The van der Waals surface area contributed by atoms with Crippen molar-refractivity contribution in [1.82, 2.24) is 10.2 Å². The number of phenolic OH excluding ortho intramolecular Hbond substituents is 1. The van der Waals surface area contributed by atoms with Gasteiger partial charge in [-0.2, -0.15) is 0 Å². The molecule has 0 saturated carbocycles. The fraction of sp³-hybridized carbons (Fsp3) is 0.103. The number of hydrogen-bond acceptors (Lipinski definition) is 10. The Morgan fingerprint density at radius 2 is 1.88 bits per heavy atom. The van der Waals surface area contributed by atoms with E-state index in [2.05, 4.69) is 10.2 Å². The van der Waals surface area contributed by atoms with Gasteiger partial charge in [-0.3, -0.25) is 14.5 Å². The van der Waals surface area contributed by atoms with Crippen molar-refractivity contribution in [2.75, 3.05) is 12.0 Å². The van der Waals surface area contributed by atoms with E-state index in [9.17, 15) is 19.8 Å². The summed E-state index contributed by atoms with van der Waals surface area (Å²) >= 11 is 8.54. The van der Waals surface area contributed by atoms with Crippen LogP contribution in [0.5, 0.6) is 11.5 Å². The van der Waals surface area contributed by atoms with E-state index < -0.39 is 23.5 Å². The van der Waals surface area contributed by atoms with E-state index in [1.54, 1.807) is 42.5 Å². The van der Waals surface area contributed by atoms with E-state index >= 15 is 0 Å². The first-order chi connectivity index (χ1) is 19.8. The van der Waals surface area contributed by atoms with Crippen LogP contribution < -0.4 is 9.64 Å². The minimum atomic E-state index is -1.10. The van der Waals surface area contributed by atoms with Crippen molar-refractivity contribution in [2.45, 2.75) is 16.1 Å². The fourth-order valence-corrected chi connectivity index (χ4v) is 6.52.